The van der Waals surface area contributed by atoms with Gasteiger partial charge in [0.2, 0.25) is 11.8 Å². The molecule has 1 N–H and O–H groups in total. The normalized spacial score (nSPS) is 11.4. The molecule has 0 aliphatic rings. The lowest BCUT2D eigenvalue weighted by Gasteiger charge is -2.09. The number of carbonyl (C=O) groups is 1. The van der Waals surface area contributed by atoms with Crippen LogP contribution in [0.5, 0.6) is 5.88 Å². The molecule has 3 rings (SSSR count). The van der Waals surface area contributed by atoms with Crippen LogP contribution in [0.3, 0.4) is 0 Å². The lowest BCUT2D eigenvalue weighted by Crippen LogP contribution is -2.19. The quantitative estimate of drug-likeness (QED) is 0.561. The summed E-state index contributed by atoms with van der Waals surface area (Å²) in [5.41, 5.74) is -0.0968. The van der Waals surface area contributed by atoms with Gasteiger partial charge < -0.3 is 14.5 Å². The summed E-state index contributed by atoms with van der Waals surface area (Å²) < 4.78 is 73.6. The Labute approximate surface area is 166 Å². The summed E-state index contributed by atoms with van der Waals surface area (Å²) in [5.74, 6) is -2.27. The van der Waals surface area contributed by atoms with Crippen LogP contribution < -0.4 is 10.1 Å². The zero-order valence-electron chi connectivity index (χ0n) is 15.2. The Morgan fingerprint density at radius 2 is 1.80 bits per heavy atom. The number of nitrogens with zero attached hydrogens (tertiary/aromatic N) is 2. The van der Waals surface area contributed by atoms with Crippen molar-refractivity contribution in [3.8, 4) is 17.2 Å². The van der Waals surface area contributed by atoms with Gasteiger partial charge >= 0.3 is 6.18 Å². The summed E-state index contributed by atoms with van der Waals surface area (Å²) in [7, 11) is 0. The molecule has 0 fully saturated rings. The highest BCUT2D eigenvalue weighted by Crippen LogP contribution is 2.27. The van der Waals surface area contributed by atoms with E-state index < -0.39 is 30.3 Å². The maximum Gasteiger partial charge on any atom is 0.422 e. The predicted octanol–water partition coefficient (Wildman–Crippen LogP) is 4.53. The maximum atomic E-state index is 13.8. The van der Waals surface area contributed by atoms with Gasteiger partial charge in [0.1, 0.15) is 11.6 Å². The van der Waals surface area contributed by atoms with Crippen LogP contribution in [0, 0.1) is 11.6 Å². The first-order chi connectivity index (χ1) is 14.2. The van der Waals surface area contributed by atoms with E-state index >= 15 is 0 Å². The molecule has 0 saturated heterocycles. The standard InChI is InChI=1S/C19H14F5N3O3/c20-12-2-1-3-13(21)18(12)14-9-26-17(30-14)7-5-15(28)27-11-4-6-16(25-8-11)29-10-19(22,23)24/h1-4,6,8-9H,5,7,10H2,(H,27,28). The molecule has 2 heterocycles. The van der Waals surface area contributed by atoms with E-state index in [1.165, 1.54) is 24.4 Å². The molecule has 6 nitrogen and oxygen atoms in total. The number of anilines is 1. The molecule has 1 amide bonds. The second-order valence-electron chi connectivity index (χ2n) is 6.05. The predicted molar refractivity (Wildman–Crippen MR) is 94.6 cm³/mol. The number of rotatable bonds is 7. The molecule has 0 atom stereocenters. The van der Waals surface area contributed by atoms with E-state index in [0.717, 1.165) is 18.3 Å². The van der Waals surface area contributed by atoms with Gasteiger partial charge in [-0.2, -0.15) is 13.2 Å². The van der Waals surface area contributed by atoms with Crippen LogP contribution in [0.1, 0.15) is 12.3 Å². The minimum atomic E-state index is -4.48. The van der Waals surface area contributed by atoms with E-state index in [-0.39, 0.29) is 41.6 Å². The first-order valence-corrected chi connectivity index (χ1v) is 8.56. The number of hydrogen-bond acceptors (Lipinski definition) is 5. The highest BCUT2D eigenvalue weighted by Gasteiger charge is 2.28. The van der Waals surface area contributed by atoms with Gasteiger partial charge in [-0.25, -0.2) is 18.7 Å². The van der Waals surface area contributed by atoms with Gasteiger partial charge in [0.15, 0.2) is 18.3 Å². The topological polar surface area (TPSA) is 77.2 Å². The lowest BCUT2D eigenvalue weighted by molar-refractivity contribution is -0.154. The van der Waals surface area contributed by atoms with E-state index in [2.05, 4.69) is 20.0 Å². The molecule has 1 aromatic carbocycles. The Hall–Kier alpha value is -3.50. The van der Waals surface area contributed by atoms with Crippen LogP contribution in [0.4, 0.5) is 27.6 Å². The van der Waals surface area contributed by atoms with Gasteiger partial charge in [0.05, 0.1) is 23.6 Å². The van der Waals surface area contributed by atoms with Crippen molar-refractivity contribution in [3.63, 3.8) is 0 Å². The number of benzene rings is 1. The van der Waals surface area contributed by atoms with Crippen LogP contribution in [0.15, 0.2) is 47.1 Å². The molecular formula is C19H14F5N3O3. The Bertz CT molecular complexity index is 999. The Morgan fingerprint density at radius 3 is 2.43 bits per heavy atom. The Morgan fingerprint density at radius 1 is 1.07 bits per heavy atom. The summed E-state index contributed by atoms with van der Waals surface area (Å²) in [6.45, 7) is -1.47. The molecule has 0 aliphatic heterocycles. The SMILES string of the molecule is O=C(CCc1ncc(-c2c(F)cccc2F)o1)Nc1ccc(OCC(F)(F)F)nc1. The van der Waals surface area contributed by atoms with E-state index in [4.69, 9.17) is 4.42 Å². The number of alkyl halides is 3. The molecule has 0 aliphatic carbocycles. The van der Waals surface area contributed by atoms with Crippen molar-refractivity contribution in [1.82, 2.24) is 9.97 Å². The van der Waals surface area contributed by atoms with E-state index in [0.29, 0.717) is 0 Å². The number of oxazole rings is 1. The van der Waals surface area contributed by atoms with Crippen molar-refractivity contribution in [3.05, 3.63) is 60.3 Å². The largest absolute Gasteiger partial charge is 0.468 e. The van der Waals surface area contributed by atoms with E-state index in [9.17, 15) is 26.7 Å². The van der Waals surface area contributed by atoms with Gasteiger partial charge in [0.25, 0.3) is 0 Å². The fraction of sp³-hybridized carbons (Fsp3) is 0.211. The van der Waals surface area contributed by atoms with Gasteiger partial charge in [-0.05, 0) is 18.2 Å². The van der Waals surface area contributed by atoms with Crippen molar-refractivity contribution >= 4 is 11.6 Å². The second kappa shape index (κ2) is 8.89. The Kier molecular flexibility index (Phi) is 6.28. The molecule has 0 radical (unpaired) electrons. The fourth-order valence-electron chi connectivity index (χ4n) is 2.41. The number of aromatic nitrogens is 2. The van der Waals surface area contributed by atoms with Crippen molar-refractivity contribution in [2.24, 2.45) is 0 Å². The summed E-state index contributed by atoms with van der Waals surface area (Å²) >= 11 is 0. The summed E-state index contributed by atoms with van der Waals surface area (Å²) in [6, 6.07) is 5.91. The molecular weight excluding hydrogens is 413 g/mol. The number of amides is 1. The summed E-state index contributed by atoms with van der Waals surface area (Å²) in [5, 5.41) is 2.50. The number of halogens is 5. The zero-order chi connectivity index (χ0) is 21.7. The fourth-order valence-corrected chi connectivity index (χ4v) is 2.41. The molecule has 3 aromatic rings. The molecule has 158 valence electrons. The first kappa shape index (κ1) is 21.2. The van der Waals surface area contributed by atoms with Crippen LogP contribution in [-0.4, -0.2) is 28.7 Å². The summed E-state index contributed by atoms with van der Waals surface area (Å²) in [6.07, 6.45) is -2.17. The smallest absolute Gasteiger partial charge is 0.422 e. The second-order valence-corrected chi connectivity index (χ2v) is 6.05. The summed E-state index contributed by atoms with van der Waals surface area (Å²) in [4.78, 5) is 19.6. The number of pyridine rings is 1. The third-order valence-corrected chi connectivity index (χ3v) is 3.73. The molecule has 0 saturated carbocycles. The van der Waals surface area contributed by atoms with E-state index in [1.54, 1.807) is 0 Å². The number of aryl methyl sites for hydroxylation is 1. The maximum absolute atomic E-state index is 13.8. The average molecular weight is 427 g/mol. The first-order valence-electron chi connectivity index (χ1n) is 8.56. The van der Waals surface area contributed by atoms with Gasteiger partial charge in [-0.3, -0.25) is 4.79 Å². The van der Waals surface area contributed by atoms with Crippen molar-refractivity contribution in [2.75, 3.05) is 11.9 Å². The van der Waals surface area contributed by atoms with Crippen molar-refractivity contribution in [2.45, 2.75) is 19.0 Å². The van der Waals surface area contributed by atoms with Crippen LogP contribution in [0.25, 0.3) is 11.3 Å². The molecule has 30 heavy (non-hydrogen) atoms. The third kappa shape index (κ3) is 5.75. The lowest BCUT2D eigenvalue weighted by atomic mass is 10.1. The van der Waals surface area contributed by atoms with Gasteiger partial charge in [0, 0.05) is 18.9 Å². The zero-order valence-corrected chi connectivity index (χ0v) is 15.2. The van der Waals surface area contributed by atoms with Crippen LogP contribution in [0.2, 0.25) is 0 Å². The molecule has 0 bridgehead atoms. The number of carbonyl (C=O) groups excluding carboxylic acids is 1. The van der Waals surface area contributed by atoms with Gasteiger partial charge in [-0.1, -0.05) is 6.07 Å². The van der Waals surface area contributed by atoms with Crippen molar-refractivity contribution in [1.29, 1.82) is 0 Å². The molecule has 0 unspecified atom stereocenters. The Balaban J connectivity index is 1.52. The minimum absolute atomic E-state index is 0.0576. The monoisotopic (exact) mass is 427 g/mol. The molecule has 2 aromatic heterocycles. The van der Waals surface area contributed by atoms with Gasteiger partial charge in [-0.15, -0.1) is 0 Å². The number of nitrogens with one attached hydrogen (secondary N) is 1. The number of ether oxygens (including phenoxy) is 1. The highest BCUT2D eigenvalue weighted by atomic mass is 19.4. The molecule has 11 heteroatoms. The molecule has 0 spiro atoms. The van der Waals surface area contributed by atoms with Crippen LogP contribution >= 0.6 is 0 Å². The third-order valence-electron chi connectivity index (χ3n) is 3.73. The van der Waals surface area contributed by atoms with Crippen molar-refractivity contribution < 1.29 is 35.9 Å². The van der Waals surface area contributed by atoms with E-state index in [1.807, 2.05) is 0 Å². The van der Waals surface area contributed by atoms with Crippen LogP contribution in [-0.2, 0) is 11.2 Å². The highest BCUT2D eigenvalue weighted by molar-refractivity contribution is 5.90. The average Bonchev–Trinajstić information content (AvgIpc) is 3.14. The number of hydrogen-bond donors (Lipinski definition) is 1. The minimum Gasteiger partial charge on any atom is -0.468 e.